The smallest absolute Gasteiger partial charge is 0.357 e. The lowest BCUT2D eigenvalue weighted by atomic mass is 10.2. The maximum atomic E-state index is 12.7. The molecular formula is C21H23N3O3S. The first-order chi connectivity index (χ1) is 13.6. The monoisotopic (exact) mass is 397 g/mol. The normalized spacial score (nSPS) is 10.8. The maximum Gasteiger partial charge on any atom is 0.357 e. The van der Waals surface area contributed by atoms with Crippen LogP contribution in [0, 0.1) is 0 Å². The molecule has 1 aromatic carbocycles. The van der Waals surface area contributed by atoms with Crippen molar-refractivity contribution < 1.29 is 14.3 Å². The number of carbonyl (C=O) groups is 2. The fourth-order valence-corrected chi connectivity index (χ4v) is 3.49. The summed E-state index contributed by atoms with van der Waals surface area (Å²) in [5.41, 5.74) is 1.72. The van der Waals surface area contributed by atoms with Gasteiger partial charge >= 0.3 is 5.97 Å². The predicted octanol–water partition coefficient (Wildman–Crippen LogP) is 4.06. The molecule has 0 saturated carbocycles. The molecule has 2 aromatic heterocycles. The minimum atomic E-state index is -0.584. The number of ether oxygens (including phenoxy) is 1. The molecule has 0 atom stereocenters. The maximum absolute atomic E-state index is 12.7. The zero-order valence-corrected chi connectivity index (χ0v) is 16.7. The topological polar surface area (TPSA) is 73.2 Å². The van der Waals surface area contributed by atoms with E-state index >= 15 is 0 Å². The van der Waals surface area contributed by atoms with Crippen LogP contribution in [0.4, 0.5) is 0 Å². The molecule has 0 bridgehead atoms. The third-order valence-corrected chi connectivity index (χ3v) is 5.27. The van der Waals surface area contributed by atoms with Gasteiger partial charge in [0, 0.05) is 12.1 Å². The first-order valence-corrected chi connectivity index (χ1v) is 10.2. The number of esters is 1. The standard InChI is InChI=1S/C21H23N3O3S/c1-3-15(4-2)22-20(25)14-27-21(26)18-13-17(19-11-8-12-28-19)23-24(18)16-9-6-5-7-10-16/h5-13,15H,3-4,14H2,1-2H3,(H,22,25). The van der Waals surface area contributed by atoms with Gasteiger partial charge in [-0.2, -0.15) is 5.10 Å². The van der Waals surface area contributed by atoms with Crippen molar-refractivity contribution in [2.24, 2.45) is 0 Å². The molecule has 6 nitrogen and oxygen atoms in total. The molecule has 7 heteroatoms. The molecule has 0 unspecified atom stereocenters. The van der Waals surface area contributed by atoms with Gasteiger partial charge < -0.3 is 10.1 Å². The Morgan fingerprint density at radius 2 is 1.89 bits per heavy atom. The number of carbonyl (C=O) groups excluding carboxylic acids is 2. The Bertz CT molecular complexity index is 916. The third-order valence-electron chi connectivity index (χ3n) is 4.38. The fourth-order valence-electron chi connectivity index (χ4n) is 2.80. The van der Waals surface area contributed by atoms with Crippen LogP contribution in [-0.4, -0.2) is 34.3 Å². The van der Waals surface area contributed by atoms with Gasteiger partial charge in [-0.25, -0.2) is 9.48 Å². The van der Waals surface area contributed by atoms with Gasteiger partial charge in [-0.05, 0) is 36.4 Å². The highest BCUT2D eigenvalue weighted by Gasteiger charge is 2.20. The number of nitrogens with one attached hydrogen (secondary N) is 1. The second kappa shape index (κ2) is 9.32. The molecule has 146 valence electrons. The summed E-state index contributed by atoms with van der Waals surface area (Å²) in [5.74, 6) is -0.884. The van der Waals surface area contributed by atoms with Gasteiger partial charge in [0.2, 0.25) is 0 Å². The Kier molecular flexibility index (Phi) is 6.60. The highest BCUT2D eigenvalue weighted by atomic mass is 32.1. The summed E-state index contributed by atoms with van der Waals surface area (Å²) >= 11 is 1.54. The Morgan fingerprint density at radius 3 is 2.54 bits per heavy atom. The molecule has 1 N–H and O–H groups in total. The molecule has 0 saturated heterocycles. The van der Waals surface area contributed by atoms with Gasteiger partial charge in [0.05, 0.1) is 10.6 Å². The zero-order chi connectivity index (χ0) is 19.9. The van der Waals surface area contributed by atoms with Crippen LogP contribution in [0.2, 0.25) is 0 Å². The average Bonchev–Trinajstić information content (AvgIpc) is 3.40. The molecule has 0 aliphatic heterocycles. The molecule has 0 spiro atoms. The number of nitrogens with zero attached hydrogens (tertiary/aromatic N) is 2. The van der Waals surface area contributed by atoms with Crippen LogP contribution >= 0.6 is 11.3 Å². The van der Waals surface area contributed by atoms with E-state index in [2.05, 4.69) is 10.4 Å². The van der Waals surface area contributed by atoms with Crippen molar-refractivity contribution in [3.8, 4) is 16.3 Å². The van der Waals surface area contributed by atoms with Crippen LogP contribution in [0.25, 0.3) is 16.3 Å². The zero-order valence-electron chi connectivity index (χ0n) is 15.9. The van der Waals surface area contributed by atoms with E-state index in [0.717, 1.165) is 23.4 Å². The quantitative estimate of drug-likeness (QED) is 0.582. The first kappa shape index (κ1) is 19.8. The molecule has 3 aromatic rings. The van der Waals surface area contributed by atoms with Crippen molar-refractivity contribution in [3.63, 3.8) is 0 Å². The molecule has 0 aliphatic rings. The van der Waals surface area contributed by atoms with E-state index in [9.17, 15) is 9.59 Å². The number of hydrogen-bond donors (Lipinski definition) is 1. The number of benzene rings is 1. The first-order valence-electron chi connectivity index (χ1n) is 9.28. The van der Waals surface area contributed by atoms with Crippen LogP contribution in [0.1, 0.15) is 37.2 Å². The average molecular weight is 398 g/mol. The molecule has 28 heavy (non-hydrogen) atoms. The summed E-state index contributed by atoms with van der Waals surface area (Å²) in [7, 11) is 0. The molecule has 2 heterocycles. The Balaban J connectivity index is 1.80. The van der Waals surface area contributed by atoms with Gasteiger partial charge in [0.1, 0.15) is 5.69 Å². The van der Waals surface area contributed by atoms with E-state index in [0.29, 0.717) is 5.69 Å². The number of rotatable bonds is 8. The SMILES string of the molecule is CCC(CC)NC(=O)COC(=O)c1cc(-c2cccs2)nn1-c1ccccc1. The molecule has 1 amide bonds. The summed E-state index contributed by atoms with van der Waals surface area (Å²) in [6.45, 7) is 3.69. The van der Waals surface area contributed by atoms with Gasteiger partial charge in [-0.3, -0.25) is 4.79 Å². The Morgan fingerprint density at radius 1 is 1.14 bits per heavy atom. The second-order valence-electron chi connectivity index (χ2n) is 6.30. The summed E-state index contributed by atoms with van der Waals surface area (Å²) in [6, 6.07) is 15.0. The fraction of sp³-hybridized carbons (Fsp3) is 0.286. The highest BCUT2D eigenvalue weighted by molar-refractivity contribution is 7.13. The van der Waals surface area contributed by atoms with Gasteiger partial charge in [-0.15, -0.1) is 11.3 Å². The lowest BCUT2D eigenvalue weighted by Gasteiger charge is -2.14. The van der Waals surface area contributed by atoms with Crippen LogP contribution in [-0.2, 0) is 9.53 Å². The van der Waals surface area contributed by atoms with E-state index in [1.165, 1.54) is 0 Å². The lowest BCUT2D eigenvalue weighted by Crippen LogP contribution is -2.37. The largest absolute Gasteiger partial charge is 0.451 e. The predicted molar refractivity (Wildman–Crippen MR) is 110 cm³/mol. The second-order valence-corrected chi connectivity index (χ2v) is 7.24. The van der Waals surface area contributed by atoms with Crippen molar-refractivity contribution in [1.29, 1.82) is 0 Å². The lowest BCUT2D eigenvalue weighted by molar-refractivity contribution is -0.125. The highest BCUT2D eigenvalue weighted by Crippen LogP contribution is 2.26. The van der Waals surface area contributed by atoms with E-state index in [-0.39, 0.29) is 24.2 Å². The van der Waals surface area contributed by atoms with Crippen molar-refractivity contribution in [1.82, 2.24) is 15.1 Å². The van der Waals surface area contributed by atoms with E-state index in [1.807, 2.05) is 61.7 Å². The van der Waals surface area contributed by atoms with Crippen molar-refractivity contribution in [2.75, 3.05) is 6.61 Å². The van der Waals surface area contributed by atoms with Crippen LogP contribution in [0.3, 0.4) is 0 Å². The van der Waals surface area contributed by atoms with Crippen LogP contribution in [0.5, 0.6) is 0 Å². The number of aromatic nitrogens is 2. The van der Waals surface area contributed by atoms with Crippen molar-refractivity contribution >= 4 is 23.2 Å². The molecule has 0 radical (unpaired) electrons. The minimum Gasteiger partial charge on any atom is -0.451 e. The van der Waals surface area contributed by atoms with Gasteiger partial charge in [0.15, 0.2) is 12.3 Å². The Hall–Kier alpha value is -2.93. The summed E-state index contributed by atoms with van der Waals surface area (Å²) in [4.78, 5) is 25.7. The van der Waals surface area contributed by atoms with Crippen molar-refractivity contribution in [2.45, 2.75) is 32.7 Å². The van der Waals surface area contributed by atoms with E-state index in [1.54, 1.807) is 22.1 Å². The molecule has 0 fully saturated rings. The Labute approximate surface area is 168 Å². The van der Waals surface area contributed by atoms with Crippen molar-refractivity contribution in [3.05, 3.63) is 59.6 Å². The van der Waals surface area contributed by atoms with E-state index < -0.39 is 5.97 Å². The number of amides is 1. The van der Waals surface area contributed by atoms with E-state index in [4.69, 9.17) is 4.74 Å². The third kappa shape index (κ3) is 4.67. The summed E-state index contributed by atoms with van der Waals surface area (Å²) < 4.78 is 6.82. The van der Waals surface area contributed by atoms with Gasteiger partial charge in [-0.1, -0.05) is 38.1 Å². The summed E-state index contributed by atoms with van der Waals surface area (Å²) in [5, 5.41) is 9.39. The van der Waals surface area contributed by atoms with Crippen LogP contribution < -0.4 is 5.32 Å². The number of thiophene rings is 1. The number of para-hydroxylation sites is 1. The molecule has 3 rings (SSSR count). The molecular weight excluding hydrogens is 374 g/mol. The molecule has 0 aliphatic carbocycles. The number of hydrogen-bond acceptors (Lipinski definition) is 5. The minimum absolute atomic E-state index is 0.0893. The van der Waals surface area contributed by atoms with Crippen LogP contribution in [0.15, 0.2) is 53.9 Å². The summed E-state index contributed by atoms with van der Waals surface area (Å²) in [6.07, 6.45) is 1.67. The van der Waals surface area contributed by atoms with Gasteiger partial charge in [0.25, 0.3) is 5.91 Å².